The van der Waals surface area contributed by atoms with Crippen LogP contribution in [0.3, 0.4) is 0 Å². The average Bonchev–Trinajstić information content (AvgIpc) is 2.89. The van der Waals surface area contributed by atoms with Crippen molar-refractivity contribution in [2.45, 2.75) is 6.54 Å². The monoisotopic (exact) mass is 367 g/mol. The van der Waals surface area contributed by atoms with Gasteiger partial charge in [0.1, 0.15) is 11.1 Å². The number of rotatable bonds is 3. The van der Waals surface area contributed by atoms with Crippen LogP contribution in [0.15, 0.2) is 29.3 Å². The van der Waals surface area contributed by atoms with E-state index in [9.17, 15) is 9.18 Å². The summed E-state index contributed by atoms with van der Waals surface area (Å²) < 4.78 is 15.6. The van der Waals surface area contributed by atoms with Crippen LogP contribution < -0.4 is 5.32 Å². The van der Waals surface area contributed by atoms with E-state index in [0.29, 0.717) is 29.0 Å². The third-order valence-electron chi connectivity index (χ3n) is 3.57. The molecule has 1 aliphatic heterocycles. The predicted octanol–water partition coefficient (Wildman–Crippen LogP) is 1.28. The van der Waals surface area contributed by atoms with Gasteiger partial charge in [-0.15, -0.1) is 0 Å². The lowest BCUT2D eigenvalue weighted by molar-refractivity contribution is -0.132. The van der Waals surface area contributed by atoms with Crippen LogP contribution in [0.2, 0.25) is 0 Å². The number of carbonyl (C=O) groups is 1. The lowest BCUT2D eigenvalue weighted by Crippen LogP contribution is -2.47. The fourth-order valence-corrected chi connectivity index (χ4v) is 3.02. The zero-order valence-corrected chi connectivity index (χ0v) is 13.4. The summed E-state index contributed by atoms with van der Waals surface area (Å²) in [6, 6.07) is 3.02. The quantitative estimate of drug-likeness (QED) is 0.830. The van der Waals surface area contributed by atoms with Crippen molar-refractivity contribution >= 4 is 21.8 Å². The van der Waals surface area contributed by atoms with Crippen LogP contribution in [-0.4, -0.2) is 51.5 Å². The van der Waals surface area contributed by atoms with E-state index in [0.717, 1.165) is 13.1 Å². The van der Waals surface area contributed by atoms with Crippen molar-refractivity contribution in [3.05, 3.63) is 35.2 Å². The molecule has 1 amide bonds. The average molecular weight is 368 g/mol. The summed E-state index contributed by atoms with van der Waals surface area (Å²) in [7, 11) is 0. The van der Waals surface area contributed by atoms with Gasteiger partial charge in [0.25, 0.3) is 0 Å². The summed E-state index contributed by atoms with van der Waals surface area (Å²) in [5, 5.41) is 3.21. The van der Waals surface area contributed by atoms with Gasteiger partial charge in [0.05, 0.1) is 12.0 Å². The Morgan fingerprint density at radius 3 is 2.86 bits per heavy atom. The number of imidazole rings is 1. The van der Waals surface area contributed by atoms with E-state index in [1.165, 1.54) is 12.3 Å². The van der Waals surface area contributed by atoms with Crippen molar-refractivity contribution in [1.29, 1.82) is 0 Å². The molecule has 0 bridgehead atoms. The maximum absolute atomic E-state index is 13.3. The SMILES string of the molecule is O=C(Cn1cnc(Br)c1-c1ccnc(F)c1)N1CCNCC1. The van der Waals surface area contributed by atoms with Gasteiger partial charge in [-0.25, -0.2) is 9.97 Å². The number of nitrogens with zero attached hydrogens (tertiary/aromatic N) is 4. The van der Waals surface area contributed by atoms with E-state index in [2.05, 4.69) is 31.2 Å². The Balaban J connectivity index is 1.84. The number of nitrogens with one attached hydrogen (secondary N) is 1. The molecule has 22 heavy (non-hydrogen) atoms. The first kappa shape index (κ1) is 15.1. The van der Waals surface area contributed by atoms with Crippen LogP contribution in [0.4, 0.5) is 4.39 Å². The highest BCUT2D eigenvalue weighted by atomic mass is 79.9. The van der Waals surface area contributed by atoms with Crippen molar-refractivity contribution in [3.8, 4) is 11.3 Å². The molecule has 1 fully saturated rings. The second-order valence-electron chi connectivity index (χ2n) is 5.01. The first-order valence-corrected chi connectivity index (χ1v) is 7.75. The molecule has 2 aromatic heterocycles. The number of hydrogen-bond acceptors (Lipinski definition) is 4. The number of halogens is 2. The van der Waals surface area contributed by atoms with E-state index in [1.54, 1.807) is 17.0 Å². The molecule has 3 heterocycles. The fraction of sp³-hybridized carbons (Fsp3) is 0.357. The van der Waals surface area contributed by atoms with Crippen LogP contribution in [-0.2, 0) is 11.3 Å². The number of carbonyl (C=O) groups excluding carboxylic acids is 1. The fourth-order valence-electron chi connectivity index (χ4n) is 2.47. The standard InChI is InChI=1S/C14H15BrFN5O/c15-14-13(10-1-2-18-11(16)7-10)21(9-19-14)8-12(22)20-5-3-17-4-6-20/h1-2,7,9,17H,3-6,8H2. The zero-order valence-electron chi connectivity index (χ0n) is 11.8. The topological polar surface area (TPSA) is 63.1 Å². The summed E-state index contributed by atoms with van der Waals surface area (Å²) >= 11 is 3.35. The summed E-state index contributed by atoms with van der Waals surface area (Å²) in [5.41, 5.74) is 1.30. The Labute approximate surface area is 135 Å². The van der Waals surface area contributed by atoms with Gasteiger partial charge in [0, 0.05) is 44.0 Å². The van der Waals surface area contributed by atoms with Crippen LogP contribution in [0, 0.1) is 5.95 Å². The summed E-state index contributed by atoms with van der Waals surface area (Å²) in [5.74, 6) is -0.534. The molecule has 8 heteroatoms. The maximum Gasteiger partial charge on any atom is 0.242 e. The van der Waals surface area contributed by atoms with Gasteiger partial charge in [-0.1, -0.05) is 0 Å². The smallest absolute Gasteiger partial charge is 0.242 e. The van der Waals surface area contributed by atoms with Crippen molar-refractivity contribution < 1.29 is 9.18 Å². The first-order valence-electron chi connectivity index (χ1n) is 6.96. The van der Waals surface area contributed by atoms with Gasteiger partial charge in [-0.2, -0.15) is 4.39 Å². The summed E-state index contributed by atoms with van der Waals surface area (Å²) in [6.45, 7) is 3.20. The number of piperazine rings is 1. The van der Waals surface area contributed by atoms with E-state index in [1.807, 2.05) is 4.90 Å². The lowest BCUT2D eigenvalue weighted by atomic mass is 10.2. The molecule has 1 N–H and O–H groups in total. The van der Waals surface area contributed by atoms with Crippen molar-refractivity contribution in [2.24, 2.45) is 0 Å². The Kier molecular flexibility index (Phi) is 4.49. The molecule has 0 aliphatic carbocycles. The van der Waals surface area contributed by atoms with Crippen LogP contribution in [0.1, 0.15) is 0 Å². The molecule has 116 valence electrons. The minimum absolute atomic E-state index is 0.0298. The summed E-state index contributed by atoms with van der Waals surface area (Å²) in [4.78, 5) is 21.9. The largest absolute Gasteiger partial charge is 0.339 e. The minimum atomic E-state index is -0.564. The van der Waals surface area contributed by atoms with Gasteiger partial charge in [0.15, 0.2) is 0 Å². The van der Waals surface area contributed by atoms with Crippen molar-refractivity contribution in [2.75, 3.05) is 26.2 Å². The number of hydrogen-bond donors (Lipinski definition) is 1. The maximum atomic E-state index is 13.3. The molecular formula is C14H15BrFN5O. The highest BCUT2D eigenvalue weighted by Crippen LogP contribution is 2.27. The van der Waals surface area contributed by atoms with Gasteiger partial charge < -0.3 is 14.8 Å². The van der Waals surface area contributed by atoms with Crippen LogP contribution >= 0.6 is 15.9 Å². The Hall–Kier alpha value is -1.80. The molecule has 3 rings (SSSR count). The molecule has 0 spiro atoms. The molecule has 0 radical (unpaired) electrons. The van der Waals surface area contributed by atoms with Crippen LogP contribution in [0.25, 0.3) is 11.3 Å². The van der Waals surface area contributed by atoms with Crippen molar-refractivity contribution in [3.63, 3.8) is 0 Å². The highest BCUT2D eigenvalue weighted by molar-refractivity contribution is 9.10. The van der Waals surface area contributed by atoms with Gasteiger partial charge in [-0.05, 0) is 22.0 Å². The molecule has 1 saturated heterocycles. The molecule has 6 nitrogen and oxygen atoms in total. The molecule has 2 aromatic rings. The highest BCUT2D eigenvalue weighted by Gasteiger charge is 2.19. The lowest BCUT2D eigenvalue weighted by Gasteiger charge is -2.27. The number of pyridine rings is 1. The summed E-state index contributed by atoms with van der Waals surface area (Å²) in [6.07, 6.45) is 2.98. The second kappa shape index (κ2) is 6.53. The molecule has 0 aromatic carbocycles. The van der Waals surface area contributed by atoms with Crippen LogP contribution in [0.5, 0.6) is 0 Å². The van der Waals surface area contributed by atoms with Gasteiger partial charge >= 0.3 is 0 Å². The minimum Gasteiger partial charge on any atom is -0.339 e. The molecule has 0 atom stereocenters. The Bertz CT molecular complexity index is 684. The van der Waals surface area contributed by atoms with Gasteiger partial charge in [0.2, 0.25) is 11.9 Å². The third-order valence-corrected chi connectivity index (χ3v) is 4.15. The molecule has 0 saturated carbocycles. The number of amides is 1. The molecular weight excluding hydrogens is 353 g/mol. The van der Waals surface area contributed by atoms with Gasteiger partial charge in [-0.3, -0.25) is 4.79 Å². The normalized spacial score (nSPS) is 15.1. The Morgan fingerprint density at radius 2 is 2.14 bits per heavy atom. The third kappa shape index (κ3) is 3.17. The zero-order chi connectivity index (χ0) is 15.5. The predicted molar refractivity (Wildman–Crippen MR) is 82.6 cm³/mol. The Morgan fingerprint density at radius 1 is 1.36 bits per heavy atom. The van der Waals surface area contributed by atoms with E-state index in [-0.39, 0.29) is 12.5 Å². The second-order valence-corrected chi connectivity index (χ2v) is 5.76. The van der Waals surface area contributed by atoms with E-state index < -0.39 is 5.95 Å². The van der Waals surface area contributed by atoms with Crippen molar-refractivity contribution in [1.82, 2.24) is 24.8 Å². The van der Waals surface area contributed by atoms with E-state index >= 15 is 0 Å². The molecule has 0 unspecified atom stereocenters. The van der Waals surface area contributed by atoms with E-state index in [4.69, 9.17) is 0 Å². The first-order chi connectivity index (χ1) is 10.6. The number of aromatic nitrogens is 3. The molecule has 1 aliphatic rings.